The number of fused-ring (bicyclic) bond motifs is 1. The number of hydrogen-bond donors (Lipinski definition) is 1. The van der Waals surface area contributed by atoms with Crippen molar-refractivity contribution in [3.63, 3.8) is 0 Å². The Morgan fingerprint density at radius 3 is 2.52 bits per heavy atom. The maximum Gasteiger partial charge on any atom is 0.256 e. The summed E-state index contributed by atoms with van der Waals surface area (Å²) >= 11 is 6.11. The van der Waals surface area contributed by atoms with E-state index in [9.17, 15) is 17.4 Å². The Morgan fingerprint density at radius 2 is 1.87 bits per heavy atom. The van der Waals surface area contributed by atoms with E-state index in [2.05, 4.69) is 10.4 Å². The van der Waals surface area contributed by atoms with Gasteiger partial charge in [-0.25, -0.2) is 17.4 Å². The van der Waals surface area contributed by atoms with Crippen LogP contribution in [0.1, 0.15) is 21.6 Å². The van der Waals surface area contributed by atoms with Crippen LogP contribution in [0.4, 0.5) is 5.82 Å². The van der Waals surface area contributed by atoms with Gasteiger partial charge in [0.25, 0.3) is 5.91 Å². The summed E-state index contributed by atoms with van der Waals surface area (Å²) in [6, 6.07) is 12.7. The van der Waals surface area contributed by atoms with Crippen LogP contribution >= 0.6 is 11.6 Å². The maximum atomic E-state index is 12.9. The van der Waals surface area contributed by atoms with E-state index in [4.69, 9.17) is 11.6 Å². The molecule has 0 fully saturated rings. The summed E-state index contributed by atoms with van der Waals surface area (Å²) in [4.78, 5) is 13.0. The highest BCUT2D eigenvalue weighted by molar-refractivity contribution is 7.89. The van der Waals surface area contributed by atoms with Gasteiger partial charge in [0.2, 0.25) is 10.0 Å². The predicted molar refractivity (Wildman–Crippen MR) is 119 cm³/mol. The first-order chi connectivity index (χ1) is 14.7. The molecule has 162 valence electrons. The molecule has 0 saturated heterocycles. The summed E-state index contributed by atoms with van der Waals surface area (Å²) in [6.07, 6.45) is 0. The van der Waals surface area contributed by atoms with E-state index in [-0.39, 0.29) is 10.5 Å². The fraction of sp³-hybridized carbons (Fsp3) is 0.200. The predicted octanol–water partition coefficient (Wildman–Crippen LogP) is 2.79. The van der Waals surface area contributed by atoms with Gasteiger partial charge >= 0.3 is 0 Å². The summed E-state index contributed by atoms with van der Waals surface area (Å²) in [5.41, 5.74) is 2.33. The summed E-state index contributed by atoms with van der Waals surface area (Å²) in [7, 11) is -1.77. The maximum absolute atomic E-state index is 12.9. The van der Waals surface area contributed by atoms with Gasteiger partial charge in [-0.3, -0.25) is 9.00 Å². The number of anilines is 1. The van der Waals surface area contributed by atoms with Crippen molar-refractivity contribution >= 4 is 44.1 Å². The van der Waals surface area contributed by atoms with Crippen molar-refractivity contribution in [3.8, 4) is 5.69 Å². The van der Waals surface area contributed by atoms with Gasteiger partial charge in [0.15, 0.2) is 0 Å². The molecule has 3 aromatic rings. The number of nitrogens with one attached hydrogen (secondary N) is 1. The number of amides is 1. The third-order valence-corrected chi connectivity index (χ3v) is 8.12. The highest BCUT2D eigenvalue weighted by atomic mass is 35.5. The standard InChI is InChI=1S/C20H19ClN4O4S2/c1-24(2)31(28,29)16-8-6-13(7-9-16)20(26)22-19-17-11-30(27)12-18(17)23-25(19)15-5-3-4-14(21)10-15/h3-10H,11-12H2,1-2H3,(H,22,26)/t30-/m0/s1. The van der Waals surface area contributed by atoms with Crippen LogP contribution in [0.5, 0.6) is 0 Å². The zero-order valence-electron chi connectivity index (χ0n) is 16.7. The number of carbonyl (C=O) groups is 1. The van der Waals surface area contributed by atoms with Gasteiger partial charge < -0.3 is 5.32 Å². The third kappa shape index (κ3) is 4.16. The highest BCUT2D eigenvalue weighted by Gasteiger charge is 2.28. The molecule has 1 amide bonds. The number of halogens is 1. The Bertz CT molecular complexity index is 1300. The topological polar surface area (TPSA) is 101 Å². The van der Waals surface area contributed by atoms with Crippen molar-refractivity contribution in [1.29, 1.82) is 0 Å². The highest BCUT2D eigenvalue weighted by Crippen LogP contribution is 2.32. The summed E-state index contributed by atoms with van der Waals surface area (Å²) in [6.45, 7) is 0. The van der Waals surface area contributed by atoms with Crippen molar-refractivity contribution in [2.24, 2.45) is 0 Å². The largest absolute Gasteiger partial charge is 0.306 e. The quantitative estimate of drug-likeness (QED) is 0.607. The Labute approximate surface area is 187 Å². The second-order valence-corrected chi connectivity index (χ2v) is 11.2. The molecule has 0 aliphatic carbocycles. The molecule has 0 unspecified atom stereocenters. The molecule has 0 saturated carbocycles. The molecular weight excluding hydrogens is 460 g/mol. The third-order valence-electron chi connectivity index (χ3n) is 4.85. The molecule has 11 heteroatoms. The lowest BCUT2D eigenvalue weighted by atomic mass is 10.2. The van der Waals surface area contributed by atoms with Crippen molar-refractivity contribution in [2.75, 3.05) is 19.4 Å². The van der Waals surface area contributed by atoms with Crippen LogP contribution in [-0.2, 0) is 32.3 Å². The van der Waals surface area contributed by atoms with E-state index < -0.39 is 26.7 Å². The monoisotopic (exact) mass is 478 g/mol. The van der Waals surface area contributed by atoms with Crippen LogP contribution in [0.2, 0.25) is 5.02 Å². The first-order valence-corrected chi connectivity index (χ1v) is 12.5. The van der Waals surface area contributed by atoms with Crippen LogP contribution in [0.15, 0.2) is 53.4 Å². The van der Waals surface area contributed by atoms with Crippen LogP contribution < -0.4 is 5.32 Å². The SMILES string of the molecule is CN(C)S(=O)(=O)c1ccc(C(=O)Nc2c3c(nn2-c2cccc(Cl)c2)C[S@@](=O)C3)cc1. The van der Waals surface area contributed by atoms with Gasteiger partial charge in [0, 0.05) is 41.0 Å². The molecule has 0 bridgehead atoms. The molecule has 1 aliphatic rings. The average Bonchev–Trinajstić information content (AvgIpc) is 3.25. The second-order valence-electron chi connectivity index (χ2n) is 7.16. The number of hydrogen-bond acceptors (Lipinski definition) is 5. The first-order valence-electron chi connectivity index (χ1n) is 9.22. The lowest BCUT2D eigenvalue weighted by Crippen LogP contribution is -2.22. The molecule has 1 aliphatic heterocycles. The van der Waals surface area contributed by atoms with Crippen LogP contribution in [0.25, 0.3) is 5.69 Å². The molecule has 8 nitrogen and oxygen atoms in total. The number of aromatic nitrogens is 2. The fourth-order valence-electron chi connectivity index (χ4n) is 3.22. The Hall–Kier alpha value is -2.53. The average molecular weight is 479 g/mol. The minimum atomic E-state index is -3.59. The number of sulfonamides is 1. The van der Waals surface area contributed by atoms with E-state index in [1.165, 1.54) is 38.4 Å². The normalized spacial score (nSPS) is 15.8. The lowest BCUT2D eigenvalue weighted by Gasteiger charge is -2.13. The van der Waals surface area contributed by atoms with Gasteiger partial charge in [-0.1, -0.05) is 17.7 Å². The van der Waals surface area contributed by atoms with E-state index in [1.807, 2.05) is 6.07 Å². The van der Waals surface area contributed by atoms with E-state index in [0.29, 0.717) is 33.7 Å². The molecule has 2 aromatic carbocycles. The minimum Gasteiger partial charge on any atom is -0.306 e. The molecule has 0 spiro atoms. The molecule has 31 heavy (non-hydrogen) atoms. The number of nitrogens with zero attached hydrogens (tertiary/aromatic N) is 3. The zero-order valence-corrected chi connectivity index (χ0v) is 19.1. The van der Waals surface area contributed by atoms with Gasteiger partial charge in [-0.15, -0.1) is 0 Å². The van der Waals surface area contributed by atoms with Crippen molar-refractivity contribution in [3.05, 3.63) is 70.4 Å². The Morgan fingerprint density at radius 1 is 1.16 bits per heavy atom. The van der Waals surface area contributed by atoms with Crippen molar-refractivity contribution < 1.29 is 17.4 Å². The van der Waals surface area contributed by atoms with E-state index in [1.54, 1.807) is 22.9 Å². The molecule has 2 heterocycles. The zero-order chi connectivity index (χ0) is 22.3. The molecular formula is C20H19ClN4O4S2. The summed E-state index contributed by atoms with van der Waals surface area (Å²) in [5, 5.41) is 7.90. The summed E-state index contributed by atoms with van der Waals surface area (Å²) < 4.78 is 39.2. The molecule has 1 atom stereocenters. The lowest BCUT2D eigenvalue weighted by molar-refractivity contribution is 0.102. The van der Waals surface area contributed by atoms with Crippen LogP contribution in [-0.4, -0.2) is 46.7 Å². The van der Waals surface area contributed by atoms with Crippen LogP contribution in [0, 0.1) is 0 Å². The second kappa shape index (κ2) is 8.19. The summed E-state index contributed by atoms with van der Waals surface area (Å²) in [5.74, 6) is 0.615. The molecule has 1 N–H and O–H groups in total. The van der Waals surface area contributed by atoms with E-state index >= 15 is 0 Å². The van der Waals surface area contributed by atoms with Gasteiger partial charge in [0.05, 0.1) is 27.8 Å². The molecule has 1 aromatic heterocycles. The van der Waals surface area contributed by atoms with Crippen LogP contribution in [0.3, 0.4) is 0 Å². The van der Waals surface area contributed by atoms with Gasteiger partial charge in [-0.05, 0) is 42.5 Å². The van der Waals surface area contributed by atoms with Crippen molar-refractivity contribution in [1.82, 2.24) is 14.1 Å². The Kier molecular flexibility index (Phi) is 5.73. The van der Waals surface area contributed by atoms with E-state index in [0.717, 1.165) is 9.87 Å². The van der Waals surface area contributed by atoms with Gasteiger partial charge in [-0.2, -0.15) is 5.10 Å². The number of rotatable bonds is 5. The number of benzene rings is 2. The first kappa shape index (κ1) is 21.7. The van der Waals surface area contributed by atoms with Gasteiger partial charge in [0.1, 0.15) is 5.82 Å². The smallest absolute Gasteiger partial charge is 0.256 e. The fourth-order valence-corrected chi connectivity index (χ4v) is 5.57. The Balaban J connectivity index is 1.68. The molecule has 0 radical (unpaired) electrons. The minimum absolute atomic E-state index is 0.0920. The van der Waals surface area contributed by atoms with Crippen molar-refractivity contribution in [2.45, 2.75) is 16.4 Å². The molecule has 4 rings (SSSR count). The number of carbonyl (C=O) groups excluding carboxylic acids is 1.